The van der Waals surface area contributed by atoms with Crippen LogP contribution >= 0.6 is 15.9 Å². The molecule has 0 spiro atoms. The molecule has 3 N–H and O–H groups in total. The predicted molar refractivity (Wildman–Crippen MR) is 91.4 cm³/mol. The number of halogens is 1. The largest absolute Gasteiger partial charge is 0.397 e. The van der Waals surface area contributed by atoms with Gasteiger partial charge in [0.1, 0.15) is 6.04 Å². The molecule has 1 amide bonds. The number of likely N-dealkylation sites (N-methyl/N-ethyl adjacent to an activating group) is 1. The van der Waals surface area contributed by atoms with Crippen LogP contribution in [0.2, 0.25) is 0 Å². The van der Waals surface area contributed by atoms with Gasteiger partial charge >= 0.3 is 0 Å². The standard InChI is InChI=1S/C16H24BrN3O/c1-11(16(21)19-13-6-4-3-5-7-13)20(2)15-9-8-12(17)10-14(15)18/h8-11,13H,3-7,18H2,1-2H3,(H,19,21). The number of amides is 1. The molecular weight excluding hydrogens is 330 g/mol. The fraction of sp³-hybridized carbons (Fsp3) is 0.562. The molecule has 1 aromatic carbocycles. The highest BCUT2D eigenvalue weighted by molar-refractivity contribution is 9.10. The molecule has 0 saturated heterocycles. The molecule has 0 radical (unpaired) electrons. The van der Waals surface area contributed by atoms with Crippen molar-refractivity contribution >= 4 is 33.2 Å². The van der Waals surface area contributed by atoms with Crippen LogP contribution in [0.25, 0.3) is 0 Å². The third-order valence-corrected chi connectivity index (χ3v) is 4.77. The van der Waals surface area contributed by atoms with E-state index in [0.29, 0.717) is 11.7 Å². The molecule has 1 fully saturated rings. The highest BCUT2D eigenvalue weighted by Crippen LogP contribution is 2.27. The van der Waals surface area contributed by atoms with E-state index >= 15 is 0 Å². The van der Waals surface area contributed by atoms with Crippen LogP contribution in [-0.4, -0.2) is 25.0 Å². The van der Waals surface area contributed by atoms with E-state index in [9.17, 15) is 4.79 Å². The number of benzene rings is 1. The Hall–Kier alpha value is -1.23. The molecular formula is C16H24BrN3O. The zero-order valence-electron chi connectivity index (χ0n) is 12.7. The number of nitrogens with zero attached hydrogens (tertiary/aromatic N) is 1. The van der Waals surface area contributed by atoms with Gasteiger partial charge in [-0.2, -0.15) is 0 Å². The van der Waals surface area contributed by atoms with Crippen LogP contribution in [0.5, 0.6) is 0 Å². The fourth-order valence-corrected chi connectivity index (χ4v) is 3.18. The number of nitrogen functional groups attached to an aromatic ring is 1. The SMILES string of the molecule is CC(C(=O)NC1CCCCC1)N(C)c1ccc(Br)cc1N. The molecule has 21 heavy (non-hydrogen) atoms. The van der Waals surface area contributed by atoms with E-state index in [0.717, 1.165) is 23.0 Å². The fourth-order valence-electron chi connectivity index (χ4n) is 2.80. The van der Waals surface area contributed by atoms with Gasteiger partial charge in [0, 0.05) is 17.6 Å². The highest BCUT2D eigenvalue weighted by atomic mass is 79.9. The summed E-state index contributed by atoms with van der Waals surface area (Å²) in [6, 6.07) is 5.83. The normalized spacial score (nSPS) is 17.3. The molecule has 4 nitrogen and oxygen atoms in total. The number of anilines is 2. The third kappa shape index (κ3) is 4.13. The van der Waals surface area contributed by atoms with E-state index in [1.165, 1.54) is 19.3 Å². The lowest BCUT2D eigenvalue weighted by molar-refractivity contribution is -0.122. The van der Waals surface area contributed by atoms with Crippen LogP contribution in [0.4, 0.5) is 11.4 Å². The van der Waals surface area contributed by atoms with Crippen molar-refractivity contribution in [3.05, 3.63) is 22.7 Å². The van der Waals surface area contributed by atoms with Gasteiger partial charge in [-0.25, -0.2) is 0 Å². The molecule has 1 atom stereocenters. The van der Waals surface area contributed by atoms with Crippen LogP contribution in [-0.2, 0) is 4.79 Å². The molecule has 1 saturated carbocycles. The lowest BCUT2D eigenvalue weighted by atomic mass is 9.95. The topological polar surface area (TPSA) is 58.4 Å². The number of carbonyl (C=O) groups is 1. The predicted octanol–water partition coefficient (Wildman–Crippen LogP) is 3.30. The molecule has 5 heteroatoms. The Morgan fingerprint density at radius 1 is 1.38 bits per heavy atom. The van der Waals surface area contributed by atoms with Crippen molar-refractivity contribution in [3.8, 4) is 0 Å². The minimum Gasteiger partial charge on any atom is -0.397 e. The average Bonchev–Trinajstić information content (AvgIpc) is 2.47. The summed E-state index contributed by atoms with van der Waals surface area (Å²) in [5.41, 5.74) is 7.59. The van der Waals surface area contributed by atoms with Crippen LogP contribution in [0.1, 0.15) is 39.0 Å². The Morgan fingerprint density at radius 2 is 2.05 bits per heavy atom. The maximum absolute atomic E-state index is 12.4. The first kappa shape index (κ1) is 16.1. The highest BCUT2D eigenvalue weighted by Gasteiger charge is 2.23. The minimum absolute atomic E-state index is 0.0757. The average molecular weight is 354 g/mol. The first-order valence-corrected chi connectivity index (χ1v) is 8.36. The van der Waals surface area contributed by atoms with Gasteiger partial charge in [-0.1, -0.05) is 35.2 Å². The summed E-state index contributed by atoms with van der Waals surface area (Å²) < 4.78 is 0.941. The second kappa shape index (κ2) is 7.16. The third-order valence-electron chi connectivity index (χ3n) is 4.28. The molecule has 1 unspecified atom stereocenters. The number of carbonyl (C=O) groups excluding carboxylic acids is 1. The van der Waals surface area contributed by atoms with Crippen LogP contribution in [0.15, 0.2) is 22.7 Å². The zero-order chi connectivity index (χ0) is 15.4. The second-order valence-electron chi connectivity index (χ2n) is 5.83. The molecule has 0 bridgehead atoms. The van der Waals surface area contributed by atoms with E-state index in [2.05, 4.69) is 21.2 Å². The van der Waals surface area contributed by atoms with E-state index < -0.39 is 0 Å². The van der Waals surface area contributed by atoms with Crippen LogP contribution in [0.3, 0.4) is 0 Å². The Labute approximate surface area is 135 Å². The minimum atomic E-state index is -0.240. The van der Waals surface area contributed by atoms with Gasteiger partial charge in [-0.15, -0.1) is 0 Å². The number of hydrogen-bond acceptors (Lipinski definition) is 3. The van der Waals surface area contributed by atoms with Crippen molar-refractivity contribution in [2.75, 3.05) is 17.7 Å². The van der Waals surface area contributed by atoms with Gasteiger partial charge in [0.2, 0.25) is 5.91 Å². The Kier molecular flexibility index (Phi) is 5.51. The summed E-state index contributed by atoms with van der Waals surface area (Å²) in [6.45, 7) is 1.92. The van der Waals surface area contributed by atoms with Gasteiger partial charge in [-0.05, 0) is 38.0 Å². The molecule has 116 valence electrons. The van der Waals surface area contributed by atoms with E-state index in [4.69, 9.17) is 5.73 Å². The summed E-state index contributed by atoms with van der Waals surface area (Å²) in [4.78, 5) is 14.3. The first-order chi connectivity index (χ1) is 9.99. The molecule has 2 rings (SSSR count). The molecule has 1 aliphatic rings. The van der Waals surface area contributed by atoms with Crippen molar-refractivity contribution in [3.63, 3.8) is 0 Å². The van der Waals surface area contributed by atoms with E-state index in [1.807, 2.05) is 37.1 Å². The maximum atomic E-state index is 12.4. The van der Waals surface area contributed by atoms with Crippen molar-refractivity contribution in [1.82, 2.24) is 5.32 Å². The van der Waals surface area contributed by atoms with Gasteiger partial charge in [0.15, 0.2) is 0 Å². The summed E-state index contributed by atoms with van der Waals surface area (Å²) in [6.07, 6.45) is 5.92. The quantitative estimate of drug-likeness (QED) is 0.816. The summed E-state index contributed by atoms with van der Waals surface area (Å²) in [5.74, 6) is 0.0757. The smallest absolute Gasteiger partial charge is 0.242 e. The zero-order valence-corrected chi connectivity index (χ0v) is 14.3. The molecule has 0 heterocycles. The Morgan fingerprint density at radius 3 is 2.67 bits per heavy atom. The maximum Gasteiger partial charge on any atom is 0.242 e. The second-order valence-corrected chi connectivity index (χ2v) is 6.75. The van der Waals surface area contributed by atoms with Crippen LogP contribution in [0, 0.1) is 0 Å². The van der Waals surface area contributed by atoms with E-state index in [-0.39, 0.29) is 11.9 Å². The summed E-state index contributed by atoms with van der Waals surface area (Å²) >= 11 is 3.40. The Bertz CT molecular complexity index is 500. The monoisotopic (exact) mass is 353 g/mol. The van der Waals surface area contributed by atoms with Crippen molar-refractivity contribution < 1.29 is 4.79 Å². The lowest BCUT2D eigenvalue weighted by Crippen LogP contribution is -2.47. The first-order valence-electron chi connectivity index (χ1n) is 7.57. The Balaban J connectivity index is 2.00. The van der Waals surface area contributed by atoms with Gasteiger partial charge in [-0.3, -0.25) is 4.79 Å². The molecule has 1 aromatic rings. The van der Waals surface area contributed by atoms with Crippen molar-refractivity contribution in [2.24, 2.45) is 0 Å². The van der Waals surface area contributed by atoms with Gasteiger partial charge < -0.3 is 16.0 Å². The molecule has 1 aliphatic carbocycles. The number of hydrogen-bond donors (Lipinski definition) is 2. The van der Waals surface area contributed by atoms with Crippen molar-refractivity contribution in [2.45, 2.75) is 51.1 Å². The molecule has 0 aromatic heterocycles. The summed E-state index contributed by atoms with van der Waals surface area (Å²) in [7, 11) is 1.91. The van der Waals surface area contributed by atoms with E-state index in [1.54, 1.807) is 0 Å². The number of rotatable bonds is 4. The summed E-state index contributed by atoms with van der Waals surface area (Å²) in [5, 5.41) is 3.17. The van der Waals surface area contributed by atoms with Gasteiger partial charge in [0.05, 0.1) is 11.4 Å². The lowest BCUT2D eigenvalue weighted by Gasteiger charge is -2.30. The number of nitrogens with one attached hydrogen (secondary N) is 1. The van der Waals surface area contributed by atoms with Crippen molar-refractivity contribution in [1.29, 1.82) is 0 Å². The number of nitrogens with two attached hydrogens (primary N) is 1. The molecule has 0 aliphatic heterocycles. The van der Waals surface area contributed by atoms with Crippen LogP contribution < -0.4 is 16.0 Å². The van der Waals surface area contributed by atoms with Gasteiger partial charge in [0.25, 0.3) is 0 Å².